The van der Waals surface area contributed by atoms with Gasteiger partial charge in [-0.25, -0.2) is 4.39 Å². The van der Waals surface area contributed by atoms with Crippen LogP contribution in [0.4, 0.5) is 4.39 Å². The molecule has 0 unspecified atom stereocenters. The van der Waals surface area contributed by atoms with E-state index in [-0.39, 0.29) is 11.6 Å². The number of carbonyl (C=O) groups is 1. The smallest absolute Gasteiger partial charge is 0.168 e. The van der Waals surface area contributed by atoms with Crippen LogP contribution in [-0.2, 0) is 16.0 Å². The van der Waals surface area contributed by atoms with Gasteiger partial charge in [0.2, 0.25) is 0 Å². The van der Waals surface area contributed by atoms with Crippen molar-refractivity contribution in [2.24, 2.45) is 0 Å². The Morgan fingerprint density at radius 3 is 2.37 bits per heavy atom. The van der Waals surface area contributed by atoms with Crippen molar-refractivity contribution < 1.29 is 13.9 Å². The zero-order valence-electron chi connectivity index (χ0n) is 12.3. The van der Waals surface area contributed by atoms with Gasteiger partial charge in [0.1, 0.15) is 11.4 Å². The normalized spacial score (nSPS) is 11.6. The number of hydrogen-bond acceptors (Lipinski definition) is 2. The summed E-state index contributed by atoms with van der Waals surface area (Å²) in [4.78, 5) is 12.5. The summed E-state index contributed by atoms with van der Waals surface area (Å²) in [6.45, 7) is 8.18. The van der Waals surface area contributed by atoms with E-state index < -0.39 is 5.60 Å². The maximum atomic E-state index is 13.1. The Kier molecular flexibility index (Phi) is 5.67. The predicted octanol–water partition coefficient (Wildman–Crippen LogP) is 3.84. The molecular weight excluding hydrogens is 243 g/mol. The zero-order valence-corrected chi connectivity index (χ0v) is 12.3. The predicted molar refractivity (Wildman–Crippen MR) is 74.8 cm³/mol. The second-order valence-electron chi connectivity index (χ2n) is 4.81. The molecule has 0 heterocycles. The first-order valence-corrected chi connectivity index (χ1v) is 6.91. The summed E-state index contributed by atoms with van der Waals surface area (Å²) < 4.78 is 18.8. The number of carbonyl (C=O) groups excluding carboxylic acids is 1. The Hall–Kier alpha value is -1.22. The van der Waals surface area contributed by atoms with Gasteiger partial charge in [-0.3, -0.25) is 4.79 Å². The molecule has 0 aromatic heterocycles. The molecule has 2 nitrogen and oxygen atoms in total. The monoisotopic (exact) mass is 266 g/mol. The summed E-state index contributed by atoms with van der Waals surface area (Å²) in [6, 6.07) is 4.54. The third kappa shape index (κ3) is 3.63. The standard InChI is InChI=1S/C16H23FO2/c1-5-16(6-2,19-7-3)15(18)11-13-8-9-14(17)10-12(13)4/h8-10H,5-7,11H2,1-4H3. The van der Waals surface area contributed by atoms with Gasteiger partial charge in [0.25, 0.3) is 0 Å². The molecule has 0 N–H and O–H groups in total. The van der Waals surface area contributed by atoms with Gasteiger partial charge in [-0.2, -0.15) is 0 Å². The fourth-order valence-corrected chi connectivity index (χ4v) is 2.40. The Morgan fingerprint density at radius 2 is 1.89 bits per heavy atom. The van der Waals surface area contributed by atoms with Crippen molar-refractivity contribution in [2.45, 2.75) is 52.6 Å². The highest BCUT2D eigenvalue weighted by molar-refractivity contribution is 5.89. The Bertz CT molecular complexity index is 436. The van der Waals surface area contributed by atoms with E-state index in [4.69, 9.17) is 4.74 Å². The van der Waals surface area contributed by atoms with Crippen molar-refractivity contribution in [1.29, 1.82) is 0 Å². The third-order valence-corrected chi connectivity index (χ3v) is 3.73. The van der Waals surface area contributed by atoms with Gasteiger partial charge >= 0.3 is 0 Å². The van der Waals surface area contributed by atoms with Crippen molar-refractivity contribution in [3.05, 3.63) is 35.1 Å². The molecule has 1 aromatic carbocycles. The van der Waals surface area contributed by atoms with E-state index in [1.165, 1.54) is 12.1 Å². The molecule has 106 valence electrons. The van der Waals surface area contributed by atoms with Crippen molar-refractivity contribution in [2.75, 3.05) is 6.61 Å². The van der Waals surface area contributed by atoms with Crippen LogP contribution >= 0.6 is 0 Å². The summed E-state index contributed by atoms with van der Waals surface area (Å²) in [6.07, 6.45) is 1.63. The van der Waals surface area contributed by atoms with Crippen molar-refractivity contribution in [1.82, 2.24) is 0 Å². The molecule has 0 atom stereocenters. The molecule has 0 aliphatic heterocycles. The molecule has 0 aliphatic carbocycles. The molecule has 3 heteroatoms. The number of hydrogen-bond donors (Lipinski definition) is 0. The SMILES string of the molecule is CCOC(CC)(CC)C(=O)Cc1ccc(F)cc1C. The molecule has 0 aliphatic rings. The molecule has 0 saturated heterocycles. The lowest BCUT2D eigenvalue weighted by Crippen LogP contribution is -2.41. The quantitative estimate of drug-likeness (QED) is 0.749. The maximum Gasteiger partial charge on any atom is 0.168 e. The zero-order chi connectivity index (χ0) is 14.5. The van der Waals surface area contributed by atoms with Crippen LogP contribution in [0.5, 0.6) is 0 Å². The molecule has 0 saturated carbocycles. The second kappa shape index (κ2) is 6.80. The van der Waals surface area contributed by atoms with Crippen LogP contribution in [0.2, 0.25) is 0 Å². The Morgan fingerprint density at radius 1 is 1.26 bits per heavy atom. The minimum absolute atomic E-state index is 0.0778. The number of rotatable bonds is 7. The first kappa shape index (κ1) is 15.8. The average molecular weight is 266 g/mol. The highest BCUT2D eigenvalue weighted by Gasteiger charge is 2.35. The van der Waals surface area contributed by atoms with E-state index in [1.54, 1.807) is 6.07 Å². The van der Waals surface area contributed by atoms with Gasteiger partial charge in [-0.05, 0) is 49.9 Å². The third-order valence-electron chi connectivity index (χ3n) is 3.73. The molecule has 0 fully saturated rings. The summed E-state index contributed by atoms with van der Waals surface area (Å²) in [5, 5.41) is 0. The fraction of sp³-hybridized carbons (Fsp3) is 0.562. The molecular formula is C16H23FO2. The topological polar surface area (TPSA) is 26.3 Å². The van der Waals surface area contributed by atoms with Crippen molar-refractivity contribution >= 4 is 5.78 Å². The highest BCUT2D eigenvalue weighted by atomic mass is 19.1. The largest absolute Gasteiger partial charge is 0.368 e. The first-order chi connectivity index (χ1) is 8.99. The van der Waals surface area contributed by atoms with Crippen molar-refractivity contribution in [3.8, 4) is 0 Å². The minimum atomic E-state index is -0.699. The Labute approximate surface area is 115 Å². The second-order valence-corrected chi connectivity index (χ2v) is 4.81. The Balaban J connectivity index is 2.93. The molecule has 1 rings (SSSR count). The van der Waals surface area contributed by atoms with Gasteiger partial charge in [0, 0.05) is 13.0 Å². The number of aryl methyl sites for hydroxylation is 1. The number of benzene rings is 1. The minimum Gasteiger partial charge on any atom is -0.368 e. The summed E-state index contributed by atoms with van der Waals surface area (Å²) in [5.74, 6) is -0.190. The molecule has 1 aromatic rings. The van der Waals surface area contributed by atoms with E-state index in [0.29, 0.717) is 25.9 Å². The van der Waals surface area contributed by atoms with Crippen LogP contribution in [0.25, 0.3) is 0 Å². The number of Topliss-reactive ketones (excluding diaryl/α,β-unsaturated/α-hetero) is 1. The number of ether oxygens (including phenoxy) is 1. The number of halogens is 1. The van der Waals surface area contributed by atoms with E-state index >= 15 is 0 Å². The fourth-order valence-electron chi connectivity index (χ4n) is 2.40. The lowest BCUT2D eigenvalue weighted by Gasteiger charge is -2.30. The number of ketones is 1. The van der Waals surface area contributed by atoms with E-state index in [1.807, 2.05) is 27.7 Å². The molecule has 0 spiro atoms. The molecule has 19 heavy (non-hydrogen) atoms. The van der Waals surface area contributed by atoms with Gasteiger partial charge < -0.3 is 4.74 Å². The first-order valence-electron chi connectivity index (χ1n) is 6.91. The molecule has 0 amide bonds. The van der Waals surface area contributed by atoms with Crippen LogP contribution in [0, 0.1) is 12.7 Å². The summed E-state index contributed by atoms with van der Waals surface area (Å²) >= 11 is 0. The van der Waals surface area contributed by atoms with Crippen LogP contribution in [-0.4, -0.2) is 18.0 Å². The van der Waals surface area contributed by atoms with Gasteiger partial charge in [-0.15, -0.1) is 0 Å². The van der Waals surface area contributed by atoms with Crippen LogP contribution in [0.1, 0.15) is 44.7 Å². The van der Waals surface area contributed by atoms with Gasteiger partial charge in [-0.1, -0.05) is 19.9 Å². The van der Waals surface area contributed by atoms with E-state index in [9.17, 15) is 9.18 Å². The van der Waals surface area contributed by atoms with Gasteiger partial charge in [0.15, 0.2) is 5.78 Å². The lowest BCUT2D eigenvalue weighted by atomic mass is 9.87. The molecule has 0 bridgehead atoms. The molecule has 0 radical (unpaired) electrons. The average Bonchev–Trinajstić information content (AvgIpc) is 2.39. The van der Waals surface area contributed by atoms with E-state index in [0.717, 1.165) is 11.1 Å². The van der Waals surface area contributed by atoms with Gasteiger partial charge in [0.05, 0.1) is 0 Å². The van der Waals surface area contributed by atoms with E-state index in [2.05, 4.69) is 0 Å². The van der Waals surface area contributed by atoms with Crippen molar-refractivity contribution in [3.63, 3.8) is 0 Å². The van der Waals surface area contributed by atoms with Crippen LogP contribution < -0.4 is 0 Å². The maximum absolute atomic E-state index is 13.1. The lowest BCUT2D eigenvalue weighted by molar-refractivity contribution is -0.144. The van der Waals surface area contributed by atoms with Crippen LogP contribution in [0.3, 0.4) is 0 Å². The highest BCUT2D eigenvalue weighted by Crippen LogP contribution is 2.24. The van der Waals surface area contributed by atoms with Crippen LogP contribution in [0.15, 0.2) is 18.2 Å². The summed E-state index contributed by atoms with van der Waals surface area (Å²) in [7, 11) is 0. The summed E-state index contributed by atoms with van der Waals surface area (Å²) in [5.41, 5.74) is 0.985.